The lowest BCUT2D eigenvalue weighted by Gasteiger charge is -2.16. The number of aromatic nitrogens is 5. The number of aryl methyl sites for hydroxylation is 2. The van der Waals surface area contributed by atoms with Crippen LogP contribution in [0.1, 0.15) is 35.0 Å². The zero-order chi connectivity index (χ0) is 28.4. The molecule has 0 saturated carbocycles. The van der Waals surface area contributed by atoms with Crippen LogP contribution in [0.25, 0.3) is 22.2 Å². The number of benzene rings is 1. The van der Waals surface area contributed by atoms with Crippen molar-refractivity contribution in [3.05, 3.63) is 99.5 Å². The average molecular weight is 550 g/mol. The molecule has 0 radical (unpaired) electrons. The van der Waals surface area contributed by atoms with Crippen molar-refractivity contribution in [1.82, 2.24) is 24.7 Å². The first-order valence-electron chi connectivity index (χ1n) is 12.6. The summed E-state index contributed by atoms with van der Waals surface area (Å²) in [6.45, 7) is 6.05. The van der Waals surface area contributed by atoms with Gasteiger partial charge >= 0.3 is 6.18 Å². The first-order chi connectivity index (χ1) is 19.2. The van der Waals surface area contributed by atoms with E-state index in [-0.39, 0.29) is 13.2 Å². The number of nitrogens with zero attached hydrogens (tertiary/aromatic N) is 4. The second-order valence-electron chi connectivity index (χ2n) is 9.19. The van der Waals surface area contributed by atoms with E-state index < -0.39 is 17.3 Å². The molecule has 8 nitrogen and oxygen atoms in total. The molecule has 0 spiro atoms. The molecule has 4 aromatic heterocycles. The van der Waals surface area contributed by atoms with E-state index in [2.05, 4.69) is 15.2 Å². The SMILES string of the molecule is CCOc1c[nH]nc1-c1cc(C)nc2c(OCc3c(C)ccnc3Cn3cccc(C(F)(F)F)c3=O)cccc12. The molecule has 1 N–H and O–H groups in total. The third-order valence-electron chi connectivity index (χ3n) is 6.49. The minimum Gasteiger partial charge on any atom is -0.490 e. The highest BCUT2D eigenvalue weighted by molar-refractivity contribution is 5.97. The maximum Gasteiger partial charge on any atom is 0.421 e. The number of aromatic amines is 1. The largest absolute Gasteiger partial charge is 0.490 e. The molecule has 0 bridgehead atoms. The van der Waals surface area contributed by atoms with Crippen LogP contribution in [0.5, 0.6) is 11.5 Å². The van der Waals surface area contributed by atoms with Gasteiger partial charge in [-0.1, -0.05) is 12.1 Å². The monoisotopic (exact) mass is 549 g/mol. The number of rotatable bonds is 8. The number of H-pyrrole nitrogens is 1. The van der Waals surface area contributed by atoms with E-state index in [1.165, 1.54) is 12.3 Å². The van der Waals surface area contributed by atoms with E-state index in [0.717, 1.165) is 32.8 Å². The number of fused-ring (bicyclic) bond motifs is 1. The fourth-order valence-corrected chi connectivity index (χ4v) is 4.57. The summed E-state index contributed by atoms with van der Waals surface area (Å²) < 4.78 is 52.8. The maximum atomic E-state index is 13.3. The van der Waals surface area contributed by atoms with Crippen LogP contribution in [0.2, 0.25) is 0 Å². The molecule has 0 fully saturated rings. The number of para-hydroxylation sites is 1. The van der Waals surface area contributed by atoms with Crippen molar-refractivity contribution in [1.29, 1.82) is 0 Å². The lowest BCUT2D eigenvalue weighted by Crippen LogP contribution is -2.29. The van der Waals surface area contributed by atoms with Gasteiger partial charge in [-0.05, 0) is 56.7 Å². The molecule has 5 aromatic rings. The van der Waals surface area contributed by atoms with Gasteiger partial charge in [0, 0.05) is 34.6 Å². The van der Waals surface area contributed by atoms with Crippen LogP contribution in [0.15, 0.2) is 65.8 Å². The first kappa shape index (κ1) is 26.9. The molecule has 40 heavy (non-hydrogen) atoms. The standard InChI is InChI=1S/C29H26F3N5O3/c1-4-39-25-14-34-36-27(25)20-13-18(3)35-26-19(20)7-5-9-24(26)40-16-21-17(2)10-11-33-23(21)15-37-12-6-8-22(28(37)38)29(30,31)32/h5-14H,4,15-16H2,1-3H3,(H,34,36). The number of hydrogen-bond donors (Lipinski definition) is 1. The predicted molar refractivity (Wildman–Crippen MR) is 143 cm³/mol. The Hall–Kier alpha value is -4.67. The van der Waals surface area contributed by atoms with Gasteiger partial charge in [0.1, 0.15) is 29.1 Å². The Kier molecular flexibility index (Phi) is 7.29. The van der Waals surface area contributed by atoms with E-state index in [0.29, 0.717) is 40.6 Å². The van der Waals surface area contributed by atoms with Crippen LogP contribution in [-0.2, 0) is 19.3 Å². The number of halogens is 3. The lowest BCUT2D eigenvalue weighted by atomic mass is 10.0. The number of pyridine rings is 3. The zero-order valence-electron chi connectivity index (χ0n) is 22.0. The highest BCUT2D eigenvalue weighted by atomic mass is 19.4. The van der Waals surface area contributed by atoms with Crippen LogP contribution < -0.4 is 15.0 Å². The summed E-state index contributed by atoms with van der Waals surface area (Å²) in [6, 6.07) is 11.3. The predicted octanol–water partition coefficient (Wildman–Crippen LogP) is 5.84. The summed E-state index contributed by atoms with van der Waals surface area (Å²) in [5.74, 6) is 1.14. The zero-order valence-corrected chi connectivity index (χ0v) is 22.0. The summed E-state index contributed by atoms with van der Waals surface area (Å²) in [5.41, 5.74) is 2.45. The molecule has 0 aliphatic rings. The van der Waals surface area contributed by atoms with Crippen LogP contribution >= 0.6 is 0 Å². The Morgan fingerprint density at radius 2 is 1.88 bits per heavy atom. The number of hydrogen-bond acceptors (Lipinski definition) is 6. The van der Waals surface area contributed by atoms with Gasteiger partial charge in [-0.25, -0.2) is 4.98 Å². The van der Waals surface area contributed by atoms with Gasteiger partial charge in [0.05, 0.1) is 25.0 Å². The Morgan fingerprint density at radius 1 is 1.05 bits per heavy atom. The van der Waals surface area contributed by atoms with E-state index in [4.69, 9.17) is 14.5 Å². The average Bonchev–Trinajstić information content (AvgIpc) is 3.37. The Bertz CT molecular complexity index is 1740. The van der Waals surface area contributed by atoms with Crippen LogP contribution in [0.3, 0.4) is 0 Å². The Morgan fingerprint density at radius 3 is 2.65 bits per heavy atom. The fraction of sp³-hybridized carbons (Fsp3) is 0.241. The summed E-state index contributed by atoms with van der Waals surface area (Å²) in [4.78, 5) is 21.6. The van der Waals surface area contributed by atoms with Gasteiger partial charge in [0.25, 0.3) is 5.56 Å². The molecular weight excluding hydrogens is 523 g/mol. The van der Waals surface area contributed by atoms with Gasteiger partial charge in [0.2, 0.25) is 0 Å². The molecule has 0 saturated heterocycles. The number of alkyl halides is 3. The summed E-state index contributed by atoms with van der Waals surface area (Å²) >= 11 is 0. The van der Waals surface area contributed by atoms with Crippen molar-refractivity contribution in [3.63, 3.8) is 0 Å². The minimum atomic E-state index is -4.75. The Balaban J connectivity index is 1.49. The summed E-state index contributed by atoms with van der Waals surface area (Å²) in [5, 5.41) is 8.06. The van der Waals surface area contributed by atoms with E-state index in [1.54, 1.807) is 24.5 Å². The van der Waals surface area contributed by atoms with E-state index >= 15 is 0 Å². The molecule has 0 unspecified atom stereocenters. The van der Waals surface area contributed by atoms with Crippen molar-refractivity contribution >= 4 is 10.9 Å². The topological polar surface area (TPSA) is 94.9 Å². The van der Waals surface area contributed by atoms with Crippen LogP contribution in [0.4, 0.5) is 13.2 Å². The summed E-state index contributed by atoms with van der Waals surface area (Å²) in [7, 11) is 0. The third-order valence-corrected chi connectivity index (χ3v) is 6.49. The van der Waals surface area contributed by atoms with Crippen molar-refractivity contribution < 1.29 is 22.6 Å². The van der Waals surface area contributed by atoms with Crippen LogP contribution in [0, 0.1) is 13.8 Å². The molecule has 5 rings (SSSR count). The van der Waals surface area contributed by atoms with Gasteiger partial charge in [-0.15, -0.1) is 0 Å². The minimum absolute atomic E-state index is 0.0688. The quantitative estimate of drug-likeness (QED) is 0.261. The second-order valence-corrected chi connectivity index (χ2v) is 9.19. The lowest BCUT2D eigenvalue weighted by molar-refractivity contribution is -0.138. The molecular formula is C29H26F3N5O3. The third kappa shape index (κ3) is 5.27. The molecule has 0 aliphatic heterocycles. The molecule has 11 heteroatoms. The number of nitrogens with one attached hydrogen (secondary N) is 1. The van der Waals surface area contributed by atoms with Gasteiger partial charge in [0.15, 0.2) is 5.75 Å². The van der Waals surface area contributed by atoms with Gasteiger partial charge in [-0.2, -0.15) is 18.3 Å². The highest BCUT2D eigenvalue weighted by Crippen LogP contribution is 2.36. The van der Waals surface area contributed by atoms with Crippen LogP contribution in [-0.4, -0.2) is 31.3 Å². The molecule has 206 valence electrons. The molecule has 4 heterocycles. The van der Waals surface area contributed by atoms with Crippen molar-refractivity contribution in [3.8, 4) is 22.8 Å². The van der Waals surface area contributed by atoms with Gasteiger partial charge < -0.3 is 14.0 Å². The first-order valence-corrected chi connectivity index (χ1v) is 12.6. The second kappa shape index (κ2) is 10.8. The number of ether oxygens (including phenoxy) is 2. The van der Waals surface area contributed by atoms with Gasteiger partial charge in [-0.3, -0.25) is 14.9 Å². The molecule has 0 amide bonds. The van der Waals surface area contributed by atoms with E-state index in [1.807, 2.05) is 39.0 Å². The Labute approximate surface area is 227 Å². The smallest absolute Gasteiger partial charge is 0.421 e. The van der Waals surface area contributed by atoms with Crippen molar-refractivity contribution in [2.24, 2.45) is 0 Å². The molecule has 0 atom stereocenters. The van der Waals surface area contributed by atoms with Crippen molar-refractivity contribution in [2.45, 2.75) is 40.1 Å². The van der Waals surface area contributed by atoms with Crippen molar-refractivity contribution in [2.75, 3.05) is 6.61 Å². The van der Waals surface area contributed by atoms with E-state index in [9.17, 15) is 18.0 Å². The maximum absolute atomic E-state index is 13.3. The highest BCUT2D eigenvalue weighted by Gasteiger charge is 2.34. The molecule has 1 aromatic carbocycles. The molecule has 0 aliphatic carbocycles. The fourth-order valence-electron chi connectivity index (χ4n) is 4.57. The normalized spacial score (nSPS) is 11.7. The summed E-state index contributed by atoms with van der Waals surface area (Å²) in [6.07, 6.45) is -0.175.